The van der Waals surface area contributed by atoms with Gasteiger partial charge in [-0.25, -0.2) is 13.1 Å². The summed E-state index contributed by atoms with van der Waals surface area (Å²) in [7, 11) is -3.68. The highest BCUT2D eigenvalue weighted by Gasteiger charge is 2.22. The van der Waals surface area contributed by atoms with Crippen molar-refractivity contribution in [3.8, 4) is 0 Å². The molecule has 1 amide bonds. The molecule has 2 aromatic rings. The minimum atomic E-state index is -3.68. The lowest BCUT2D eigenvalue weighted by Crippen LogP contribution is -2.40. The second-order valence-electron chi connectivity index (χ2n) is 6.74. The molecule has 9 heteroatoms. The Hall–Kier alpha value is -1.97. The Labute approximate surface area is 161 Å². The van der Waals surface area contributed by atoms with Crippen LogP contribution in [0.25, 0.3) is 0 Å². The number of benzene rings is 2. The molecule has 27 heavy (non-hydrogen) atoms. The Morgan fingerprint density at radius 3 is 2.04 bits per heavy atom. The Balaban J connectivity index is 2.07. The predicted molar refractivity (Wildman–Crippen MR) is 103 cm³/mol. The van der Waals surface area contributed by atoms with Crippen LogP contribution in [0.15, 0.2) is 58.3 Å². The van der Waals surface area contributed by atoms with E-state index in [4.69, 9.17) is 0 Å². The molecule has 0 unspecified atom stereocenters. The molecule has 0 saturated carbocycles. The number of alkyl halides is 2. The smallest absolute Gasteiger partial charge is 0.288 e. The van der Waals surface area contributed by atoms with Gasteiger partial charge in [-0.15, -0.1) is 0 Å². The van der Waals surface area contributed by atoms with Crippen molar-refractivity contribution in [2.45, 2.75) is 41.9 Å². The lowest BCUT2D eigenvalue weighted by molar-refractivity contribution is 0.102. The molecule has 0 fully saturated rings. The van der Waals surface area contributed by atoms with E-state index in [2.05, 4.69) is 10.0 Å². The summed E-state index contributed by atoms with van der Waals surface area (Å²) in [5, 5.41) is 2.63. The van der Waals surface area contributed by atoms with E-state index < -0.39 is 27.2 Å². The van der Waals surface area contributed by atoms with Crippen LogP contribution in [0, 0.1) is 0 Å². The Morgan fingerprint density at radius 2 is 1.56 bits per heavy atom. The first-order chi connectivity index (χ1) is 12.5. The third-order valence-corrected chi connectivity index (χ3v) is 5.70. The van der Waals surface area contributed by atoms with Gasteiger partial charge in [0.15, 0.2) is 0 Å². The number of carbonyl (C=O) groups excluding carboxylic acids is 1. The van der Waals surface area contributed by atoms with Gasteiger partial charge in [-0.1, -0.05) is 11.8 Å². The van der Waals surface area contributed by atoms with Gasteiger partial charge in [-0.2, -0.15) is 8.78 Å². The molecule has 0 aliphatic carbocycles. The van der Waals surface area contributed by atoms with Crippen LogP contribution in [0.4, 0.5) is 14.5 Å². The topological polar surface area (TPSA) is 75.3 Å². The molecule has 0 saturated heterocycles. The molecule has 0 aromatic heterocycles. The van der Waals surface area contributed by atoms with Gasteiger partial charge in [0.2, 0.25) is 10.0 Å². The van der Waals surface area contributed by atoms with Crippen molar-refractivity contribution < 1.29 is 22.0 Å². The zero-order valence-electron chi connectivity index (χ0n) is 15.0. The maximum atomic E-state index is 12.3. The highest BCUT2D eigenvalue weighted by Crippen LogP contribution is 2.26. The van der Waals surface area contributed by atoms with Crippen molar-refractivity contribution in [2.75, 3.05) is 5.32 Å². The van der Waals surface area contributed by atoms with Gasteiger partial charge >= 0.3 is 0 Å². The summed E-state index contributed by atoms with van der Waals surface area (Å²) < 4.78 is 51.7. The highest BCUT2D eigenvalue weighted by atomic mass is 32.2. The second-order valence-corrected chi connectivity index (χ2v) is 9.48. The van der Waals surface area contributed by atoms with Crippen molar-refractivity contribution in [2.24, 2.45) is 0 Å². The van der Waals surface area contributed by atoms with Gasteiger partial charge in [0.1, 0.15) is 0 Å². The zero-order valence-corrected chi connectivity index (χ0v) is 16.6. The number of amides is 1. The summed E-state index contributed by atoms with van der Waals surface area (Å²) in [4.78, 5) is 12.7. The van der Waals surface area contributed by atoms with Crippen molar-refractivity contribution in [3.63, 3.8) is 0 Å². The fourth-order valence-electron chi connectivity index (χ4n) is 2.17. The summed E-state index contributed by atoms with van der Waals surface area (Å²) >= 11 is 0.421. The standard InChI is InChI=1S/C18H20F2N2O3S2/c1-18(2,3)22-27(24,25)15-10-4-12(5-11-15)16(23)21-13-6-8-14(9-7-13)26-17(19)20/h4-11,17,22H,1-3H3,(H,21,23). The van der Waals surface area contributed by atoms with E-state index in [0.717, 1.165) is 0 Å². The fourth-order valence-corrected chi connectivity index (χ4v) is 4.09. The van der Waals surface area contributed by atoms with Crippen molar-refractivity contribution in [1.82, 2.24) is 4.72 Å². The maximum absolute atomic E-state index is 12.3. The number of anilines is 1. The molecule has 0 atom stereocenters. The van der Waals surface area contributed by atoms with Crippen LogP contribution in [0.3, 0.4) is 0 Å². The van der Waals surface area contributed by atoms with Crippen molar-refractivity contribution >= 4 is 33.4 Å². The molecule has 5 nitrogen and oxygen atoms in total. The Bertz CT molecular complexity index is 892. The molecule has 146 valence electrons. The van der Waals surface area contributed by atoms with E-state index in [1.807, 2.05) is 0 Å². The SMILES string of the molecule is CC(C)(C)NS(=O)(=O)c1ccc(C(=O)Nc2ccc(SC(F)F)cc2)cc1. The van der Waals surface area contributed by atoms with E-state index in [1.54, 1.807) is 20.8 Å². The summed E-state index contributed by atoms with van der Waals surface area (Å²) in [5.41, 5.74) is 0.101. The molecule has 0 radical (unpaired) electrons. The van der Waals surface area contributed by atoms with E-state index in [0.29, 0.717) is 22.3 Å². The number of sulfonamides is 1. The van der Waals surface area contributed by atoms with Crippen LogP contribution in [0.1, 0.15) is 31.1 Å². The van der Waals surface area contributed by atoms with Crippen LogP contribution in [-0.2, 0) is 10.0 Å². The monoisotopic (exact) mass is 414 g/mol. The van der Waals surface area contributed by atoms with E-state index >= 15 is 0 Å². The molecular weight excluding hydrogens is 394 g/mol. The molecule has 0 aliphatic rings. The van der Waals surface area contributed by atoms with Gasteiger partial charge in [0.05, 0.1) is 4.90 Å². The number of hydrogen-bond donors (Lipinski definition) is 2. The quantitative estimate of drug-likeness (QED) is 0.690. The molecule has 2 rings (SSSR count). The summed E-state index contributed by atoms with van der Waals surface area (Å²) in [6.07, 6.45) is 0. The number of rotatable bonds is 6. The van der Waals surface area contributed by atoms with Crippen LogP contribution < -0.4 is 10.0 Å². The fraction of sp³-hybridized carbons (Fsp3) is 0.278. The third-order valence-electron chi connectivity index (χ3n) is 3.20. The molecule has 0 aliphatic heterocycles. The molecular formula is C18H20F2N2O3S2. The highest BCUT2D eigenvalue weighted by molar-refractivity contribution is 7.99. The number of carbonyl (C=O) groups is 1. The number of halogens is 2. The number of nitrogens with one attached hydrogen (secondary N) is 2. The van der Waals surface area contributed by atoms with Crippen molar-refractivity contribution in [3.05, 3.63) is 54.1 Å². The molecule has 2 aromatic carbocycles. The number of hydrogen-bond acceptors (Lipinski definition) is 4. The maximum Gasteiger partial charge on any atom is 0.288 e. The summed E-state index contributed by atoms with van der Waals surface area (Å²) in [6.45, 7) is 5.20. The lowest BCUT2D eigenvalue weighted by Gasteiger charge is -2.20. The van der Waals surface area contributed by atoms with Gasteiger partial charge in [0.25, 0.3) is 11.7 Å². The largest absolute Gasteiger partial charge is 0.322 e. The van der Waals surface area contributed by atoms with E-state index in [9.17, 15) is 22.0 Å². The van der Waals surface area contributed by atoms with Crippen molar-refractivity contribution in [1.29, 1.82) is 0 Å². The molecule has 2 N–H and O–H groups in total. The second kappa shape index (κ2) is 8.37. The first kappa shape index (κ1) is 21.3. The first-order valence-electron chi connectivity index (χ1n) is 7.96. The molecule has 0 heterocycles. The van der Waals surface area contributed by atoms with Gasteiger partial charge in [-0.3, -0.25) is 4.79 Å². The summed E-state index contributed by atoms with van der Waals surface area (Å²) in [6, 6.07) is 11.5. The first-order valence-corrected chi connectivity index (χ1v) is 10.3. The minimum Gasteiger partial charge on any atom is -0.322 e. The predicted octanol–water partition coefficient (Wildman–Crippen LogP) is 4.33. The van der Waals surface area contributed by atoms with Crippen LogP contribution in [0.5, 0.6) is 0 Å². The average Bonchev–Trinajstić information content (AvgIpc) is 2.54. The van der Waals surface area contributed by atoms with Crippen LogP contribution in [-0.4, -0.2) is 25.6 Å². The van der Waals surface area contributed by atoms with Crippen LogP contribution in [0.2, 0.25) is 0 Å². The molecule has 0 bridgehead atoms. The zero-order chi connectivity index (χ0) is 20.2. The van der Waals surface area contributed by atoms with Crippen LogP contribution >= 0.6 is 11.8 Å². The van der Waals surface area contributed by atoms with E-state index in [-0.39, 0.29) is 10.5 Å². The van der Waals surface area contributed by atoms with Gasteiger partial charge in [-0.05, 0) is 69.3 Å². The normalized spacial score (nSPS) is 12.2. The Morgan fingerprint density at radius 1 is 1.00 bits per heavy atom. The molecule has 0 spiro atoms. The lowest BCUT2D eigenvalue weighted by atomic mass is 10.1. The third kappa shape index (κ3) is 6.60. The number of thioether (sulfide) groups is 1. The van der Waals surface area contributed by atoms with E-state index in [1.165, 1.54) is 48.5 Å². The average molecular weight is 414 g/mol. The Kier molecular flexibility index (Phi) is 6.61. The van der Waals surface area contributed by atoms with Gasteiger partial charge in [0, 0.05) is 21.7 Å². The minimum absolute atomic E-state index is 0.0577. The summed E-state index contributed by atoms with van der Waals surface area (Å²) in [5.74, 6) is -2.94. The van der Waals surface area contributed by atoms with Gasteiger partial charge < -0.3 is 5.32 Å².